The third-order valence-corrected chi connectivity index (χ3v) is 4.77. The van der Waals surface area contributed by atoms with Gasteiger partial charge in [-0.2, -0.15) is 0 Å². The van der Waals surface area contributed by atoms with Gasteiger partial charge in [0.15, 0.2) is 0 Å². The summed E-state index contributed by atoms with van der Waals surface area (Å²) in [6.07, 6.45) is 3.13. The van der Waals surface area contributed by atoms with Crippen LogP contribution in [0.4, 0.5) is 5.82 Å². The number of rotatable bonds is 4. The molecule has 2 heterocycles. The van der Waals surface area contributed by atoms with Crippen molar-refractivity contribution < 1.29 is 0 Å². The zero-order chi connectivity index (χ0) is 19.1. The fourth-order valence-corrected chi connectivity index (χ4v) is 4.16. The maximum atomic E-state index is 4.93. The molecule has 0 saturated heterocycles. The number of imidazole rings is 1. The van der Waals surface area contributed by atoms with E-state index in [0.717, 1.165) is 33.6 Å². The number of aryl methyl sites for hydroxylation is 1. The Kier molecular flexibility index (Phi) is 4.91. The lowest BCUT2D eigenvalue weighted by molar-refractivity contribution is 0.302. The molecule has 3 nitrogen and oxygen atoms in total. The van der Waals surface area contributed by atoms with Crippen LogP contribution < -0.4 is 5.32 Å². The zero-order valence-corrected chi connectivity index (χ0v) is 18.1. The minimum atomic E-state index is -0.0604. The lowest BCUT2D eigenvalue weighted by Crippen LogP contribution is -2.36. The summed E-state index contributed by atoms with van der Waals surface area (Å²) in [4.78, 5) is 4.93. The van der Waals surface area contributed by atoms with Crippen molar-refractivity contribution in [3.05, 3.63) is 52.6 Å². The highest BCUT2D eigenvalue weighted by Crippen LogP contribution is 2.35. The molecule has 26 heavy (non-hydrogen) atoms. The molecule has 138 valence electrons. The number of benzene rings is 1. The van der Waals surface area contributed by atoms with Gasteiger partial charge in [0.25, 0.3) is 0 Å². The van der Waals surface area contributed by atoms with Gasteiger partial charge in [0.1, 0.15) is 17.2 Å². The third-order valence-electron chi connectivity index (χ3n) is 4.30. The molecule has 3 aromatic rings. The molecule has 4 heteroatoms. The summed E-state index contributed by atoms with van der Waals surface area (Å²) in [7, 11) is 0. The topological polar surface area (TPSA) is 29.3 Å². The van der Waals surface area contributed by atoms with Gasteiger partial charge in [-0.05, 0) is 66.7 Å². The molecule has 0 bridgehead atoms. The number of pyridine rings is 1. The largest absolute Gasteiger partial charge is 0.364 e. The maximum Gasteiger partial charge on any atom is 0.139 e. The average Bonchev–Trinajstić information content (AvgIpc) is 2.82. The van der Waals surface area contributed by atoms with Crippen LogP contribution in [0, 0.1) is 12.3 Å². The van der Waals surface area contributed by atoms with Crippen LogP contribution in [0.15, 0.2) is 47.1 Å². The van der Waals surface area contributed by atoms with Crippen molar-refractivity contribution in [3.8, 4) is 11.3 Å². The number of nitrogens with zero attached hydrogens (tertiary/aromatic N) is 2. The highest BCUT2D eigenvalue weighted by molar-refractivity contribution is 9.10. The molecule has 1 N–H and O–H groups in total. The first-order chi connectivity index (χ1) is 12.0. The van der Waals surface area contributed by atoms with E-state index in [-0.39, 0.29) is 11.0 Å². The van der Waals surface area contributed by atoms with E-state index in [0.29, 0.717) is 0 Å². The minimum Gasteiger partial charge on any atom is -0.364 e. The molecule has 0 atom stereocenters. The van der Waals surface area contributed by atoms with Crippen molar-refractivity contribution in [2.45, 2.75) is 53.5 Å². The summed E-state index contributed by atoms with van der Waals surface area (Å²) in [5.74, 6) is 1.04. The van der Waals surface area contributed by atoms with Gasteiger partial charge in [-0.3, -0.25) is 4.40 Å². The Morgan fingerprint density at radius 2 is 1.81 bits per heavy atom. The van der Waals surface area contributed by atoms with Crippen LogP contribution in [0.25, 0.3) is 16.9 Å². The summed E-state index contributed by atoms with van der Waals surface area (Å²) in [6, 6.07) is 12.6. The Balaban J connectivity index is 2.15. The Hall–Kier alpha value is -1.81. The van der Waals surface area contributed by atoms with Crippen molar-refractivity contribution in [3.63, 3.8) is 0 Å². The molecule has 3 rings (SSSR count). The summed E-state index contributed by atoms with van der Waals surface area (Å²) in [6.45, 7) is 13.5. The van der Waals surface area contributed by atoms with Crippen LogP contribution >= 0.6 is 15.9 Å². The lowest BCUT2D eigenvalue weighted by Gasteiger charge is -2.34. The number of fused-ring (bicyclic) bond motifs is 1. The maximum absolute atomic E-state index is 4.93. The van der Waals surface area contributed by atoms with Crippen molar-refractivity contribution in [2.75, 3.05) is 5.32 Å². The second-order valence-corrected chi connectivity index (χ2v) is 9.92. The number of aromatic nitrogens is 2. The number of hydrogen-bond donors (Lipinski definition) is 1. The van der Waals surface area contributed by atoms with Gasteiger partial charge >= 0.3 is 0 Å². The highest BCUT2D eigenvalue weighted by Gasteiger charge is 2.28. The molecule has 0 aliphatic heterocycles. The van der Waals surface area contributed by atoms with Gasteiger partial charge in [0, 0.05) is 21.8 Å². The lowest BCUT2D eigenvalue weighted by atomic mass is 9.82. The standard InChI is InChI=1S/C22H28BrN3/c1-15-8-7-9-16(12-15)19-20(25-22(5,6)14-21(2,3)4)26-13-17(23)10-11-18(26)24-19/h7-13,25H,14H2,1-6H3. The molecule has 0 radical (unpaired) electrons. The summed E-state index contributed by atoms with van der Waals surface area (Å²) in [5.41, 5.74) is 4.49. The van der Waals surface area contributed by atoms with Crippen LogP contribution in [0.2, 0.25) is 0 Å². The van der Waals surface area contributed by atoms with Gasteiger partial charge in [0.2, 0.25) is 0 Å². The van der Waals surface area contributed by atoms with E-state index in [1.54, 1.807) is 0 Å². The van der Waals surface area contributed by atoms with Crippen LogP contribution in [-0.2, 0) is 0 Å². The van der Waals surface area contributed by atoms with Crippen molar-refractivity contribution in [1.29, 1.82) is 0 Å². The van der Waals surface area contributed by atoms with E-state index < -0.39 is 0 Å². The fourth-order valence-electron chi connectivity index (χ4n) is 3.82. The van der Waals surface area contributed by atoms with Crippen molar-refractivity contribution in [2.24, 2.45) is 5.41 Å². The molecular formula is C22H28BrN3. The van der Waals surface area contributed by atoms with Crippen molar-refractivity contribution >= 4 is 27.4 Å². The van der Waals surface area contributed by atoms with Gasteiger partial charge in [-0.1, -0.05) is 44.5 Å². The fraction of sp³-hybridized carbons (Fsp3) is 0.409. The minimum absolute atomic E-state index is 0.0604. The molecule has 0 unspecified atom stereocenters. The SMILES string of the molecule is Cc1cccc(-c2nc3ccc(Br)cn3c2NC(C)(C)CC(C)(C)C)c1. The molecule has 0 fully saturated rings. The predicted molar refractivity (Wildman–Crippen MR) is 115 cm³/mol. The second-order valence-electron chi connectivity index (χ2n) is 9.00. The molecule has 0 aliphatic rings. The first-order valence-electron chi connectivity index (χ1n) is 9.07. The smallest absolute Gasteiger partial charge is 0.139 e. The van der Waals surface area contributed by atoms with Crippen LogP contribution in [0.3, 0.4) is 0 Å². The molecule has 0 amide bonds. The second kappa shape index (κ2) is 6.73. The number of nitrogens with one attached hydrogen (secondary N) is 1. The Morgan fingerprint density at radius 1 is 1.08 bits per heavy atom. The first-order valence-corrected chi connectivity index (χ1v) is 9.86. The van der Waals surface area contributed by atoms with Crippen LogP contribution in [0.5, 0.6) is 0 Å². The van der Waals surface area contributed by atoms with E-state index in [4.69, 9.17) is 4.98 Å². The molecule has 0 aliphatic carbocycles. The van der Waals surface area contributed by atoms with E-state index in [2.05, 4.69) is 97.7 Å². The quantitative estimate of drug-likeness (QED) is 0.515. The predicted octanol–water partition coefficient (Wildman–Crippen LogP) is 6.70. The monoisotopic (exact) mass is 413 g/mol. The number of halogens is 1. The van der Waals surface area contributed by atoms with E-state index in [1.165, 1.54) is 5.56 Å². The van der Waals surface area contributed by atoms with E-state index in [9.17, 15) is 0 Å². The average molecular weight is 414 g/mol. The Morgan fingerprint density at radius 3 is 2.46 bits per heavy atom. The molecule has 0 spiro atoms. The van der Waals surface area contributed by atoms with E-state index in [1.807, 2.05) is 12.1 Å². The van der Waals surface area contributed by atoms with Crippen LogP contribution in [0.1, 0.15) is 46.6 Å². The number of anilines is 1. The zero-order valence-electron chi connectivity index (χ0n) is 16.5. The summed E-state index contributed by atoms with van der Waals surface area (Å²) >= 11 is 3.60. The first kappa shape index (κ1) is 19.0. The molecular weight excluding hydrogens is 386 g/mol. The Labute approximate surface area is 165 Å². The van der Waals surface area contributed by atoms with Gasteiger partial charge in [-0.15, -0.1) is 0 Å². The summed E-state index contributed by atoms with van der Waals surface area (Å²) < 4.78 is 3.18. The molecule has 0 saturated carbocycles. The van der Waals surface area contributed by atoms with Gasteiger partial charge < -0.3 is 5.32 Å². The normalized spacial score (nSPS) is 12.6. The van der Waals surface area contributed by atoms with Gasteiger partial charge in [-0.25, -0.2) is 4.98 Å². The third kappa shape index (κ3) is 4.29. The van der Waals surface area contributed by atoms with Crippen LogP contribution in [-0.4, -0.2) is 14.9 Å². The highest BCUT2D eigenvalue weighted by atomic mass is 79.9. The van der Waals surface area contributed by atoms with E-state index >= 15 is 0 Å². The molecule has 1 aromatic carbocycles. The summed E-state index contributed by atoms with van der Waals surface area (Å²) in [5, 5.41) is 3.79. The van der Waals surface area contributed by atoms with Gasteiger partial charge in [0.05, 0.1) is 0 Å². The number of hydrogen-bond acceptors (Lipinski definition) is 2. The Bertz CT molecular complexity index is 932. The molecule has 2 aromatic heterocycles. The van der Waals surface area contributed by atoms with Crippen molar-refractivity contribution in [1.82, 2.24) is 9.38 Å².